The number of oxime groups is 1. The Morgan fingerprint density at radius 2 is 2.20 bits per heavy atom. The van der Waals surface area contributed by atoms with Crippen LogP contribution in [0.2, 0.25) is 0 Å². The van der Waals surface area contributed by atoms with Crippen LogP contribution in [0.5, 0.6) is 0 Å². The number of aromatic nitrogens is 1. The molecule has 1 atom stereocenters. The first-order valence-corrected chi connectivity index (χ1v) is 8.84. The number of hydrogen-bond donors (Lipinski definition) is 4. The summed E-state index contributed by atoms with van der Waals surface area (Å²) in [4.78, 5) is 44.0. The van der Waals surface area contributed by atoms with E-state index in [1.807, 2.05) is 0 Å². The largest absolute Gasteiger partial charge is 0.398 e. The number of rotatable bonds is 6. The minimum atomic E-state index is -4.28. The van der Waals surface area contributed by atoms with E-state index in [1.54, 1.807) is 0 Å². The van der Waals surface area contributed by atoms with Gasteiger partial charge in [-0.1, -0.05) is 5.16 Å². The molecule has 0 radical (unpaired) electrons. The predicted molar refractivity (Wildman–Crippen MR) is 84.7 cm³/mol. The second-order valence-corrected chi connectivity index (χ2v) is 6.83. The van der Waals surface area contributed by atoms with Gasteiger partial charge >= 0.3 is 0 Å². The number of thiazole rings is 1. The van der Waals surface area contributed by atoms with E-state index in [4.69, 9.17) is 5.73 Å². The van der Waals surface area contributed by atoms with Crippen molar-refractivity contribution in [2.24, 2.45) is 16.2 Å². The van der Waals surface area contributed by atoms with E-state index in [-0.39, 0.29) is 23.1 Å². The average molecular weight is 391 g/mol. The molecule has 3 amide bonds. The Balaban J connectivity index is 2.01. The maximum absolute atomic E-state index is 12.2. The minimum Gasteiger partial charge on any atom is -0.398 e. The van der Waals surface area contributed by atoms with Crippen LogP contribution in [-0.2, 0) is 29.4 Å². The maximum atomic E-state index is 12.2. The summed E-state index contributed by atoms with van der Waals surface area (Å²) in [5.74, 6) is -4.01. The van der Waals surface area contributed by atoms with Crippen molar-refractivity contribution >= 4 is 50.1 Å². The zero-order chi connectivity index (χ0) is 18.8. The van der Waals surface area contributed by atoms with Crippen molar-refractivity contribution in [2.75, 3.05) is 19.4 Å². The monoisotopic (exact) mass is 391 g/mol. The third kappa shape index (κ3) is 4.40. The Bertz CT molecular complexity index is 848. The number of nitrogens with one attached hydrogen (secondary N) is 2. The fourth-order valence-electron chi connectivity index (χ4n) is 1.80. The maximum Gasteiger partial charge on any atom is 0.298 e. The number of carbonyl (C=O) groups excluding carboxylic acids is 3. The van der Waals surface area contributed by atoms with Crippen LogP contribution in [0.4, 0.5) is 5.13 Å². The smallest absolute Gasteiger partial charge is 0.298 e. The van der Waals surface area contributed by atoms with E-state index in [2.05, 4.69) is 25.5 Å². The number of β-lactam (4-membered cyclic amide) rings is 1. The molecular weight excluding hydrogens is 378 g/mol. The molecule has 0 aliphatic carbocycles. The first-order valence-electron chi connectivity index (χ1n) is 6.41. The van der Waals surface area contributed by atoms with Crippen LogP contribution in [0.15, 0.2) is 10.5 Å². The molecule has 0 saturated carbocycles. The van der Waals surface area contributed by atoms with Gasteiger partial charge in [-0.15, -0.1) is 11.3 Å². The highest BCUT2D eigenvalue weighted by molar-refractivity contribution is 7.87. The summed E-state index contributed by atoms with van der Waals surface area (Å²) >= 11 is 1.07. The van der Waals surface area contributed by atoms with Gasteiger partial charge in [-0.25, -0.2) is 14.8 Å². The molecular formula is C10H13N7O6S2. The van der Waals surface area contributed by atoms with Gasteiger partial charge in [0, 0.05) is 5.38 Å². The third-order valence-corrected chi connectivity index (χ3v) is 4.05. The first kappa shape index (κ1) is 18.6. The Hall–Kier alpha value is -2.78. The lowest BCUT2D eigenvalue weighted by molar-refractivity contribution is -0.160. The van der Waals surface area contributed by atoms with Gasteiger partial charge in [-0.3, -0.25) is 24.8 Å². The molecule has 0 spiro atoms. The SMILES string of the molecule is CO/N=C(\C(=O)NN1C[C@H](C(=O)NS(N)(=O)=O)C1=O)c1csc(N)n1. The number of anilines is 1. The molecule has 15 heteroatoms. The van der Waals surface area contributed by atoms with E-state index in [1.165, 1.54) is 17.2 Å². The first-order chi connectivity index (χ1) is 11.6. The highest BCUT2D eigenvalue weighted by Crippen LogP contribution is 2.17. The Morgan fingerprint density at radius 1 is 1.52 bits per heavy atom. The van der Waals surface area contributed by atoms with Gasteiger partial charge in [-0.2, -0.15) is 8.42 Å². The van der Waals surface area contributed by atoms with E-state index >= 15 is 0 Å². The summed E-state index contributed by atoms with van der Waals surface area (Å²) in [5, 5.41) is 10.7. The molecule has 25 heavy (non-hydrogen) atoms. The molecule has 136 valence electrons. The van der Waals surface area contributed by atoms with Gasteiger partial charge in [0.25, 0.3) is 22.0 Å². The summed E-state index contributed by atoms with van der Waals surface area (Å²) in [5.41, 5.74) is 7.59. The fourth-order valence-corrected chi connectivity index (χ4v) is 2.77. The molecule has 2 rings (SSSR count). The van der Waals surface area contributed by atoms with Crippen molar-refractivity contribution < 1.29 is 27.6 Å². The van der Waals surface area contributed by atoms with Crippen LogP contribution in [0.1, 0.15) is 5.69 Å². The summed E-state index contributed by atoms with van der Waals surface area (Å²) in [7, 11) is -3.06. The van der Waals surface area contributed by atoms with Gasteiger partial charge in [0.2, 0.25) is 5.91 Å². The Kier molecular flexibility index (Phi) is 5.19. The van der Waals surface area contributed by atoms with Gasteiger partial charge in [0.05, 0.1) is 6.54 Å². The molecule has 0 aromatic carbocycles. The van der Waals surface area contributed by atoms with E-state index in [9.17, 15) is 22.8 Å². The van der Waals surface area contributed by atoms with Gasteiger partial charge in [0.1, 0.15) is 18.7 Å². The number of nitrogens with two attached hydrogens (primary N) is 2. The molecule has 1 aliphatic heterocycles. The van der Waals surface area contributed by atoms with Crippen LogP contribution in [0.25, 0.3) is 0 Å². The molecule has 6 N–H and O–H groups in total. The highest BCUT2D eigenvalue weighted by atomic mass is 32.2. The predicted octanol–water partition coefficient (Wildman–Crippen LogP) is -3.11. The molecule has 1 aromatic heterocycles. The van der Waals surface area contributed by atoms with Crippen molar-refractivity contribution in [3.63, 3.8) is 0 Å². The van der Waals surface area contributed by atoms with Crippen LogP contribution in [0.3, 0.4) is 0 Å². The quantitative estimate of drug-likeness (QED) is 0.169. The Labute approximate surface area is 145 Å². The van der Waals surface area contributed by atoms with Crippen LogP contribution in [-0.4, -0.2) is 55.5 Å². The van der Waals surface area contributed by atoms with Gasteiger partial charge in [-0.05, 0) is 0 Å². The second-order valence-electron chi connectivity index (χ2n) is 4.65. The van der Waals surface area contributed by atoms with Crippen molar-refractivity contribution in [1.29, 1.82) is 0 Å². The standard InChI is InChI=1S/C10H13N7O6S2/c1-23-15-6(5-3-24-10(11)13-5)8(19)14-17-2-4(9(17)20)7(18)16-25(12,21)22/h3-4H,2H2,1H3,(H2,11,13)(H,14,19)(H,16,18)(H2,12,21,22)/b15-6-/t4-/m1/s1. The van der Waals surface area contributed by atoms with Crippen molar-refractivity contribution in [2.45, 2.75) is 0 Å². The van der Waals surface area contributed by atoms with Crippen LogP contribution in [0, 0.1) is 5.92 Å². The zero-order valence-electron chi connectivity index (χ0n) is 12.6. The highest BCUT2D eigenvalue weighted by Gasteiger charge is 2.44. The van der Waals surface area contributed by atoms with E-state index in [0.717, 1.165) is 16.3 Å². The Morgan fingerprint density at radius 3 is 2.68 bits per heavy atom. The number of nitrogen functional groups attached to an aromatic ring is 1. The zero-order valence-corrected chi connectivity index (χ0v) is 14.3. The number of hydrogen-bond acceptors (Lipinski definition) is 10. The molecule has 1 saturated heterocycles. The van der Waals surface area contributed by atoms with Crippen molar-refractivity contribution in [1.82, 2.24) is 20.1 Å². The number of amides is 3. The second kappa shape index (κ2) is 6.99. The van der Waals surface area contributed by atoms with E-state index < -0.39 is 33.8 Å². The number of hydrazine groups is 1. The molecule has 2 heterocycles. The molecule has 0 bridgehead atoms. The topological polar surface area (TPSA) is 199 Å². The molecule has 13 nitrogen and oxygen atoms in total. The summed E-state index contributed by atoms with van der Waals surface area (Å²) in [6, 6.07) is 0. The molecule has 0 unspecified atom stereocenters. The number of carbonyl (C=O) groups is 3. The summed E-state index contributed by atoms with van der Waals surface area (Å²) in [6.07, 6.45) is 0. The lowest BCUT2D eigenvalue weighted by atomic mass is 10.0. The average Bonchev–Trinajstić information content (AvgIpc) is 2.92. The van der Waals surface area contributed by atoms with E-state index in [0.29, 0.717) is 0 Å². The van der Waals surface area contributed by atoms with Crippen molar-refractivity contribution in [3.8, 4) is 0 Å². The number of nitrogens with zero attached hydrogens (tertiary/aromatic N) is 3. The molecule has 1 fully saturated rings. The van der Waals surface area contributed by atoms with Crippen LogP contribution < -0.4 is 21.0 Å². The van der Waals surface area contributed by atoms with Crippen molar-refractivity contribution in [3.05, 3.63) is 11.1 Å². The summed E-state index contributed by atoms with van der Waals surface area (Å²) < 4.78 is 23.0. The minimum absolute atomic E-state index is 0.137. The molecule has 1 aromatic rings. The lowest BCUT2D eigenvalue weighted by Gasteiger charge is -2.36. The van der Waals surface area contributed by atoms with Gasteiger partial charge in [0.15, 0.2) is 10.8 Å². The normalized spacial score (nSPS) is 17.7. The summed E-state index contributed by atoms with van der Waals surface area (Å²) in [6.45, 7) is -0.245. The molecule has 1 aliphatic rings. The van der Waals surface area contributed by atoms with Gasteiger partial charge < -0.3 is 10.6 Å². The fraction of sp³-hybridized carbons (Fsp3) is 0.300. The van der Waals surface area contributed by atoms with Crippen LogP contribution >= 0.6 is 11.3 Å². The third-order valence-electron chi connectivity index (χ3n) is 2.89. The lowest BCUT2D eigenvalue weighted by Crippen LogP contribution is -2.65.